The molecular weight excluding hydrogens is 197 g/mol. The van der Waals surface area contributed by atoms with Crippen LogP contribution in [-0.2, 0) is 4.79 Å². The normalized spacial score (nSPS) is 13.1. The largest absolute Gasteiger partial charge is 0.408 e. The van der Waals surface area contributed by atoms with Crippen molar-refractivity contribution in [2.75, 3.05) is 6.54 Å². The number of hydrogen-bond donors (Lipinski definition) is 2. The van der Waals surface area contributed by atoms with Crippen LogP contribution in [0.25, 0.3) is 0 Å². The van der Waals surface area contributed by atoms with E-state index >= 15 is 0 Å². The molecule has 1 atom stereocenters. The van der Waals surface area contributed by atoms with E-state index < -0.39 is 24.7 Å². The summed E-state index contributed by atoms with van der Waals surface area (Å²) in [7, 11) is 0. The molecule has 0 aromatic heterocycles. The molecule has 0 heterocycles. The summed E-state index contributed by atoms with van der Waals surface area (Å²) >= 11 is 0. The van der Waals surface area contributed by atoms with Crippen LogP contribution in [0.15, 0.2) is 0 Å². The number of alkyl halides is 3. The third kappa shape index (κ3) is 5.20. The van der Waals surface area contributed by atoms with Crippen molar-refractivity contribution in [2.24, 2.45) is 5.73 Å². The van der Waals surface area contributed by atoms with E-state index in [9.17, 15) is 18.0 Å². The van der Waals surface area contributed by atoms with Gasteiger partial charge in [0.25, 0.3) is 0 Å². The first-order valence-corrected chi connectivity index (χ1v) is 2.94. The lowest BCUT2D eigenvalue weighted by molar-refractivity contribution is -0.157. The molecule has 1 unspecified atom stereocenters. The number of amides is 1. The van der Waals surface area contributed by atoms with Crippen molar-refractivity contribution >= 4 is 18.3 Å². The molecule has 0 aromatic carbocycles. The van der Waals surface area contributed by atoms with Crippen LogP contribution >= 0.6 is 12.4 Å². The Morgan fingerprint density at radius 2 is 2.00 bits per heavy atom. The molecule has 0 aliphatic heterocycles. The molecular formula is C5H10ClF3N2O. The average molecular weight is 207 g/mol. The van der Waals surface area contributed by atoms with Crippen LogP contribution in [0.5, 0.6) is 0 Å². The number of carbonyl (C=O) groups is 1. The molecule has 0 saturated carbocycles. The number of rotatable bonds is 2. The molecule has 74 valence electrons. The molecule has 3 N–H and O–H groups in total. The monoisotopic (exact) mass is 206 g/mol. The number of nitrogens with two attached hydrogens (primary N) is 1. The lowest BCUT2D eigenvalue weighted by Crippen LogP contribution is -2.45. The first-order chi connectivity index (χ1) is 4.88. The minimum atomic E-state index is -4.40. The van der Waals surface area contributed by atoms with Gasteiger partial charge in [-0.15, -0.1) is 12.4 Å². The second kappa shape index (κ2) is 5.21. The molecule has 0 aromatic rings. The third-order valence-corrected chi connectivity index (χ3v) is 1.05. The fraction of sp³-hybridized carbons (Fsp3) is 0.800. The van der Waals surface area contributed by atoms with Crippen molar-refractivity contribution in [3.63, 3.8) is 0 Å². The van der Waals surface area contributed by atoms with Crippen LogP contribution in [0.4, 0.5) is 13.2 Å². The maximum Gasteiger partial charge on any atom is 0.408 e. The van der Waals surface area contributed by atoms with Gasteiger partial charge >= 0.3 is 6.18 Å². The van der Waals surface area contributed by atoms with E-state index in [2.05, 4.69) is 0 Å². The van der Waals surface area contributed by atoms with E-state index in [0.29, 0.717) is 0 Å². The fourth-order valence-electron chi connectivity index (χ4n) is 0.382. The minimum absolute atomic E-state index is 0. The number of hydrogen-bond acceptors (Lipinski definition) is 2. The standard InChI is InChI=1S/C5H9F3N2O.ClH/c1-3(5(6,7)8)10-4(11)2-9;/h3H,2,9H2,1H3,(H,10,11);1H. The van der Waals surface area contributed by atoms with Gasteiger partial charge in [-0.3, -0.25) is 4.79 Å². The Kier molecular flexibility index (Phi) is 6.10. The molecule has 0 bridgehead atoms. The van der Waals surface area contributed by atoms with Crippen molar-refractivity contribution in [3.05, 3.63) is 0 Å². The van der Waals surface area contributed by atoms with Crippen molar-refractivity contribution in [3.8, 4) is 0 Å². The van der Waals surface area contributed by atoms with Crippen LogP contribution in [0, 0.1) is 0 Å². The summed E-state index contributed by atoms with van der Waals surface area (Å²) in [5.74, 6) is -0.810. The number of nitrogens with one attached hydrogen (secondary N) is 1. The Morgan fingerprint density at radius 3 is 2.25 bits per heavy atom. The zero-order valence-corrected chi connectivity index (χ0v) is 7.13. The van der Waals surface area contributed by atoms with Crippen molar-refractivity contribution in [2.45, 2.75) is 19.1 Å². The highest BCUT2D eigenvalue weighted by Crippen LogP contribution is 2.19. The molecule has 0 fully saturated rings. The first kappa shape index (κ1) is 14.1. The highest BCUT2D eigenvalue weighted by atomic mass is 35.5. The SMILES string of the molecule is CC(NC(=O)CN)C(F)(F)F.Cl. The van der Waals surface area contributed by atoms with Crippen molar-refractivity contribution in [1.82, 2.24) is 5.32 Å². The zero-order chi connectivity index (χ0) is 9.07. The van der Waals surface area contributed by atoms with E-state index in [4.69, 9.17) is 5.73 Å². The third-order valence-electron chi connectivity index (χ3n) is 1.05. The summed E-state index contributed by atoms with van der Waals surface area (Å²) < 4.78 is 35.1. The summed E-state index contributed by atoms with van der Waals surface area (Å²) in [4.78, 5) is 10.3. The molecule has 0 saturated heterocycles. The van der Waals surface area contributed by atoms with Gasteiger partial charge in [0.15, 0.2) is 0 Å². The highest BCUT2D eigenvalue weighted by molar-refractivity contribution is 5.85. The Labute approximate surface area is 73.9 Å². The summed E-state index contributed by atoms with van der Waals surface area (Å²) in [6.07, 6.45) is -4.40. The molecule has 0 spiro atoms. The van der Waals surface area contributed by atoms with Gasteiger partial charge < -0.3 is 11.1 Å². The van der Waals surface area contributed by atoms with Crippen molar-refractivity contribution in [1.29, 1.82) is 0 Å². The van der Waals surface area contributed by atoms with Gasteiger partial charge in [-0.2, -0.15) is 13.2 Å². The molecule has 0 aliphatic rings. The Hall–Kier alpha value is -0.490. The Morgan fingerprint density at radius 1 is 1.58 bits per heavy atom. The molecule has 7 heteroatoms. The fourth-order valence-corrected chi connectivity index (χ4v) is 0.382. The van der Waals surface area contributed by atoms with Gasteiger partial charge in [-0.25, -0.2) is 0 Å². The van der Waals surface area contributed by atoms with E-state index in [1.165, 1.54) is 0 Å². The van der Waals surface area contributed by atoms with Gasteiger partial charge in [0.1, 0.15) is 6.04 Å². The highest BCUT2D eigenvalue weighted by Gasteiger charge is 2.36. The van der Waals surface area contributed by atoms with Gasteiger partial charge in [-0.05, 0) is 6.92 Å². The summed E-state index contributed by atoms with van der Waals surface area (Å²) in [6.45, 7) is 0.425. The molecule has 0 radical (unpaired) electrons. The molecule has 0 rings (SSSR count). The number of carbonyl (C=O) groups excluding carboxylic acids is 1. The van der Waals surface area contributed by atoms with Crippen molar-refractivity contribution < 1.29 is 18.0 Å². The van der Waals surface area contributed by atoms with Gasteiger partial charge in [0, 0.05) is 0 Å². The summed E-state index contributed by atoms with van der Waals surface area (Å²) in [5.41, 5.74) is 4.78. The summed E-state index contributed by atoms with van der Waals surface area (Å²) in [5, 5.41) is 1.68. The molecule has 12 heavy (non-hydrogen) atoms. The maximum atomic E-state index is 11.7. The second-order valence-corrected chi connectivity index (χ2v) is 2.03. The quantitative estimate of drug-likeness (QED) is 0.689. The maximum absolute atomic E-state index is 11.7. The molecule has 3 nitrogen and oxygen atoms in total. The van der Waals surface area contributed by atoms with Gasteiger partial charge in [0.2, 0.25) is 5.91 Å². The Bertz CT molecular complexity index is 150. The summed E-state index contributed by atoms with van der Waals surface area (Å²) in [6, 6.07) is -1.83. The lowest BCUT2D eigenvalue weighted by Gasteiger charge is -2.16. The minimum Gasteiger partial charge on any atom is -0.344 e. The zero-order valence-electron chi connectivity index (χ0n) is 6.31. The smallest absolute Gasteiger partial charge is 0.344 e. The lowest BCUT2D eigenvalue weighted by atomic mass is 10.3. The Balaban J connectivity index is 0. The van der Waals surface area contributed by atoms with Gasteiger partial charge in [0.05, 0.1) is 6.54 Å². The average Bonchev–Trinajstić information content (AvgIpc) is 1.85. The predicted molar refractivity (Wildman–Crippen MR) is 40.0 cm³/mol. The van der Waals surface area contributed by atoms with E-state index in [0.717, 1.165) is 6.92 Å². The second-order valence-electron chi connectivity index (χ2n) is 2.03. The van der Waals surface area contributed by atoms with Crippen LogP contribution in [0.3, 0.4) is 0 Å². The molecule has 1 amide bonds. The van der Waals surface area contributed by atoms with E-state index in [1.807, 2.05) is 0 Å². The predicted octanol–water partition coefficient (Wildman–Crippen LogP) is 0.434. The van der Waals surface area contributed by atoms with E-state index in [-0.39, 0.29) is 12.4 Å². The van der Waals surface area contributed by atoms with Crippen LogP contribution in [0.2, 0.25) is 0 Å². The van der Waals surface area contributed by atoms with Crippen LogP contribution in [0.1, 0.15) is 6.92 Å². The van der Waals surface area contributed by atoms with Gasteiger partial charge in [-0.1, -0.05) is 0 Å². The van der Waals surface area contributed by atoms with Crippen LogP contribution < -0.4 is 11.1 Å². The number of halogens is 4. The topological polar surface area (TPSA) is 55.1 Å². The van der Waals surface area contributed by atoms with Crippen LogP contribution in [-0.4, -0.2) is 24.7 Å². The first-order valence-electron chi connectivity index (χ1n) is 2.94. The van der Waals surface area contributed by atoms with E-state index in [1.54, 1.807) is 5.32 Å². The molecule has 0 aliphatic carbocycles.